The van der Waals surface area contributed by atoms with Crippen LogP contribution in [0.1, 0.15) is 43.8 Å². The fourth-order valence-corrected chi connectivity index (χ4v) is 3.72. The van der Waals surface area contributed by atoms with Crippen LogP contribution < -0.4 is 0 Å². The van der Waals surface area contributed by atoms with Crippen LogP contribution in [0.15, 0.2) is 49.2 Å². The van der Waals surface area contributed by atoms with Crippen molar-refractivity contribution in [2.75, 3.05) is 13.2 Å². The first kappa shape index (κ1) is 26.9. The molecule has 1 aliphatic heterocycles. The van der Waals surface area contributed by atoms with Crippen LogP contribution in [0.3, 0.4) is 0 Å². The van der Waals surface area contributed by atoms with E-state index in [2.05, 4.69) is 25.0 Å². The Hall–Kier alpha value is -3.18. The molecule has 4 aromatic rings. The van der Waals surface area contributed by atoms with Crippen LogP contribution in [-0.4, -0.2) is 49.1 Å². The molecule has 7 nitrogen and oxygen atoms in total. The van der Waals surface area contributed by atoms with Crippen molar-refractivity contribution in [2.24, 2.45) is 0 Å². The van der Waals surface area contributed by atoms with Crippen LogP contribution in [0.5, 0.6) is 0 Å². The zero-order chi connectivity index (χ0) is 26.3. The van der Waals surface area contributed by atoms with E-state index in [1.54, 1.807) is 0 Å². The van der Waals surface area contributed by atoms with Gasteiger partial charge in [-0.05, 0) is 56.4 Å². The van der Waals surface area contributed by atoms with Crippen molar-refractivity contribution in [1.29, 1.82) is 0 Å². The second kappa shape index (κ2) is 12.4. The van der Waals surface area contributed by atoms with Gasteiger partial charge in [0.15, 0.2) is 5.65 Å². The summed E-state index contributed by atoms with van der Waals surface area (Å²) in [4.78, 5) is 15.5. The van der Waals surface area contributed by atoms with Gasteiger partial charge in [-0.2, -0.15) is 18.3 Å². The van der Waals surface area contributed by atoms with Gasteiger partial charge in [-0.1, -0.05) is 11.6 Å². The van der Waals surface area contributed by atoms with Crippen molar-refractivity contribution in [3.8, 4) is 11.3 Å². The highest BCUT2D eigenvalue weighted by atomic mass is 35.5. The Kier molecular flexibility index (Phi) is 8.99. The molecule has 0 atom stereocenters. The molecular formula is C25H25ClF4N6O. The van der Waals surface area contributed by atoms with Gasteiger partial charge < -0.3 is 4.74 Å². The highest BCUT2D eigenvalue weighted by Gasteiger charge is 2.29. The molecule has 3 aromatic heterocycles. The maximum atomic E-state index is 14.0. The first-order valence-corrected chi connectivity index (χ1v) is 12.2. The SMILES string of the molecule is C1CCOCC1.Fc1cc(Cl)ccc1-c1ncnc2nc(CC(F)(F)F)cnc12.c1cnn(C2CC2)c1. The predicted molar refractivity (Wildman–Crippen MR) is 130 cm³/mol. The Labute approximate surface area is 215 Å². The number of ether oxygens (including phenoxy) is 1. The van der Waals surface area contributed by atoms with E-state index in [0.717, 1.165) is 37.8 Å². The minimum Gasteiger partial charge on any atom is -0.381 e. The fourth-order valence-electron chi connectivity index (χ4n) is 3.57. The number of fused-ring (bicyclic) bond motifs is 1. The molecule has 0 radical (unpaired) electrons. The summed E-state index contributed by atoms with van der Waals surface area (Å²) in [6.07, 6.45) is 6.89. The number of aromatic nitrogens is 6. The first-order chi connectivity index (χ1) is 17.8. The van der Waals surface area contributed by atoms with Crippen molar-refractivity contribution in [2.45, 2.75) is 50.7 Å². The molecular weight excluding hydrogens is 512 g/mol. The van der Waals surface area contributed by atoms with Gasteiger partial charge >= 0.3 is 6.18 Å². The smallest absolute Gasteiger partial charge is 0.381 e. The Morgan fingerprint density at radius 2 is 1.84 bits per heavy atom. The standard InChI is InChI=1S/C14H7ClF4N4.C6H8N2.C5H10O/c15-7-1-2-9(10(16)3-7)11-12-13(22-6-21-11)23-8(5-20-12)4-14(17,18)19;1-4-7-8(5-1)6-2-3-6;1-2-4-6-5-3-1/h1-3,5-6H,4H2;1,4-6H,2-3H2;1-5H2. The minimum absolute atomic E-state index is 0.0360. The number of hydrogen-bond acceptors (Lipinski definition) is 6. The lowest BCUT2D eigenvalue weighted by atomic mass is 10.1. The molecule has 1 saturated carbocycles. The van der Waals surface area contributed by atoms with Gasteiger partial charge in [-0.15, -0.1) is 0 Å². The number of rotatable bonds is 3. The van der Waals surface area contributed by atoms with Gasteiger partial charge in [-0.3, -0.25) is 4.68 Å². The summed E-state index contributed by atoms with van der Waals surface area (Å²) in [6.45, 7) is 2.00. The lowest BCUT2D eigenvalue weighted by Crippen LogP contribution is -2.13. The second-order valence-electron chi connectivity index (χ2n) is 8.56. The lowest BCUT2D eigenvalue weighted by Gasteiger charge is -2.08. The average Bonchev–Trinajstić information content (AvgIpc) is 3.58. The van der Waals surface area contributed by atoms with Crippen molar-refractivity contribution in [3.05, 3.63) is 65.7 Å². The fraction of sp³-hybridized carbons (Fsp3) is 0.400. The Morgan fingerprint density at radius 3 is 2.41 bits per heavy atom. The molecule has 37 heavy (non-hydrogen) atoms. The molecule has 1 aromatic carbocycles. The van der Waals surface area contributed by atoms with Gasteiger partial charge in [-0.25, -0.2) is 24.3 Å². The van der Waals surface area contributed by atoms with Crippen molar-refractivity contribution >= 4 is 22.8 Å². The topological polar surface area (TPSA) is 78.6 Å². The van der Waals surface area contributed by atoms with E-state index in [-0.39, 0.29) is 33.1 Å². The van der Waals surface area contributed by atoms with E-state index >= 15 is 0 Å². The van der Waals surface area contributed by atoms with Crippen LogP contribution in [0.2, 0.25) is 5.02 Å². The molecule has 0 bridgehead atoms. The molecule has 0 amide bonds. The van der Waals surface area contributed by atoms with E-state index in [1.165, 1.54) is 44.2 Å². The van der Waals surface area contributed by atoms with Crippen LogP contribution in [-0.2, 0) is 11.2 Å². The van der Waals surface area contributed by atoms with Crippen molar-refractivity contribution < 1.29 is 22.3 Å². The third kappa shape index (κ3) is 8.16. The van der Waals surface area contributed by atoms with Gasteiger partial charge in [0.2, 0.25) is 0 Å². The maximum Gasteiger partial charge on any atom is 0.394 e. The molecule has 1 aliphatic carbocycles. The minimum atomic E-state index is -4.40. The van der Waals surface area contributed by atoms with Gasteiger partial charge in [0.25, 0.3) is 0 Å². The molecule has 2 aliphatic rings. The highest BCUT2D eigenvalue weighted by molar-refractivity contribution is 6.30. The van der Waals surface area contributed by atoms with E-state index < -0.39 is 18.4 Å². The first-order valence-electron chi connectivity index (χ1n) is 11.9. The number of hydrogen-bond donors (Lipinski definition) is 0. The molecule has 196 valence electrons. The van der Waals surface area contributed by atoms with Crippen LogP contribution in [0.4, 0.5) is 17.6 Å². The molecule has 4 heterocycles. The zero-order valence-electron chi connectivity index (χ0n) is 19.8. The Balaban J connectivity index is 0.000000183. The monoisotopic (exact) mass is 536 g/mol. The van der Waals surface area contributed by atoms with Crippen LogP contribution in [0, 0.1) is 5.82 Å². The Bertz CT molecular complexity index is 1280. The molecule has 0 unspecified atom stereocenters. The van der Waals surface area contributed by atoms with Crippen LogP contribution >= 0.6 is 11.6 Å². The normalized spacial score (nSPS) is 15.4. The second-order valence-corrected chi connectivity index (χ2v) is 9.00. The lowest BCUT2D eigenvalue weighted by molar-refractivity contribution is -0.127. The third-order valence-electron chi connectivity index (χ3n) is 5.49. The average molecular weight is 537 g/mol. The van der Waals surface area contributed by atoms with E-state index in [0.29, 0.717) is 0 Å². The molecule has 1 saturated heterocycles. The maximum absolute atomic E-state index is 14.0. The van der Waals surface area contributed by atoms with Gasteiger partial charge in [0.1, 0.15) is 23.4 Å². The zero-order valence-corrected chi connectivity index (χ0v) is 20.6. The number of nitrogens with zero attached hydrogens (tertiary/aromatic N) is 6. The van der Waals surface area contributed by atoms with E-state index in [4.69, 9.17) is 16.3 Å². The highest BCUT2D eigenvalue weighted by Crippen LogP contribution is 2.33. The third-order valence-corrected chi connectivity index (χ3v) is 5.72. The van der Waals surface area contributed by atoms with Crippen LogP contribution in [0.25, 0.3) is 22.4 Å². The largest absolute Gasteiger partial charge is 0.394 e. The molecule has 0 N–H and O–H groups in total. The van der Waals surface area contributed by atoms with Gasteiger partial charge in [0, 0.05) is 42.4 Å². The summed E-state index contributed by atoms with van der Waals surface area (Å²) >= 11 is 5.70. The summed E-state index contributed by atoms with van der Waals surface area (Å²) in [5.74, 6) is -0.626. The molecule has 2 fully saturated rings. The van der Waals surface area contributed by atoms with Gasteiger partial charge in [0.05, 0.1) is 18.2 Å². The summed E-state index contributed by atoms with van der Waals surface area (Å²) in [6, 6.07) is 6.70. The summed E-state index contributed by atoms with van der Waals surface area (Å²) < 4.78 is 58.4. The summed E-state index contributed by atoms with van der Waals surface area (Å²) in [7, 11) is 0. The Morgan fingerprint density at radius 1 is 1.05 bits per heavy atom. The van der Waals surface area contributed by atoms with E-state index in [9.17, 15) is 17.6 Å². The van der Waals surface area contributed by atoms with Crippen molar-refractivity contribution in [1.82, 2.24) is 29.7 Å². The van der Waals surface area contributed by atoms with Crippen molar-refractivity contribution in [3.63, 3.8) is 0 Å². The predicted octanol–water partition coefficient (Wildman–Crippen LogP) is 6.39. The quantitative estimate of drug-likeness (QED) is 0.282. The van der Waals surface area contributed by atoms with E-state index in [1.807, 2.05) is 23.1 Å². The number of halogens is 5. The number of benzene rings is 1. The summed E-state index contributed by atoms with van der Waals surface area (Å²) in [5.41, 5.74) is 0.0480. The molecule has 6 rings (SSSR count). The molecule has 0 spiro atoms. The molecule has 12 heteroatoms. The summed E-state index contributed by atoms with van der Waals surface area (Å²) in [5, 5.41) is 4.31. The number of alkyl halides is 3.